The van der Waals surface area contributed by atoms with Gasteiger partial charge in [-0.15, -0.1) is 11.3 Å². The van der Waals surface area contributed by atoms with Gasteiger partial charge in [0.05, 0.1) is 4.88 Å². The van der Waals surface area contributed by atoms with Crippen LogP contribution in [0.3, 0.4) is 0 Å². The smallest absolute Gasteiger partial charge is 0.140 e. The van der Waals surface area contributed by atoms with Crippen molar-refractivity contribution in [3.05, 3.63) is 44.9 Å². The molecule has 2 aromatic rings. The molecule has 1 aromatic heterocycles. The van der Waals surface area contributed by atoms with Crippen LogP contribution in [0.1, 0.15) is 15.4 Å². The zero-order chi connectivity index (χ0) is 13.1. The van der Waals surface area contributed by atoms with E-state index in [4.69, 9.17) is 27.5 Å². The Kier molecular flexibility index (Phi) is 3.84. The number of nitrogen functional groups attached to an aromatic ring is 1. The van der Waals surface area contributed by atoms with Crippen LogP contribution in [0, 0.1) is 12.3 Å². The molecule has 0 aliphatic carbocycles. The standard InChI is InChI=1S/C12H12ClN3OS/c1-7-4-8(13)2-3-9(7)17-6-11-16-5-10(18-11)12(14)15/h2-5H,6H2,1H3,(H3,14,15). The zero-order valence-corrected chi connectivity index (χ0v) is 11.3. The van der Waals surface area contributed by atoms with Crippen molar-refractivity contribution in [2.45, 2.75) is 13.5 Å². The number of aromatic nitrogens is 1. The van der Waals surface area contributed by atoms with E-state index in [1.165, 1.54) is 11.3 Å². The fourth-order valence-corrected chi connectivity index (χ4v) is 2.33. The minimum Gasteiger partial charge on any atom is -0.486 e. The maximum absolute atomic E-state index is 7.30. The Morgan fingerprint density at radius 2 is 2.33 bits per heavy atom. The third-order valence-electron chi connectivity index (χ3n) is 2.31. The summed E-state index contributed by atoms with van der Waals surface area (Å²) in [5.74, 6) is 0.806. The molecule has 0 bridgehead atoms. The molecule has 0 amide bonds. The van der Waals surface area contributed by atoms with Crippen LogP contribution in [-0.4, -0.2) is 10.8 Å². The summed E-state index contributed by atoms with van der Waals surface area (Å²) in [7, 11) is 0. The molecule has 94 valence electrons. The molecule has 18 heavy (non-hydrogen) atoms. The highest BCUT2D eigenvalue weighted by atomic mass is 35.5. The van der Waals surface area contributed by atoms with Crippen LogP contribution in [0.5, 0.6) is 5.75 Å². The first-order valence-corrected chi connectivity index (χ1v) is 6.44. The predicted octanol–water partition coefficient (Wildman–Crippen LogP) is 2.97. The molecular formula is C12H12ClN3OS. The maximum Gasteiger partial charge on any atom is 0.140 e. The molecule has 1 aromatic carbocycles. The zero-order valence-electron chi connectivity index (χ0n) is 9.74. The molecule has 0 aliphatic heterocycles. The molecule has 0 radical (unpaired) electrons. The van der Waals surface area contributed by atoms with Gasteiger partial charge in [-0.25, -0.2) is 4.98 Å². The number of hydrogen-bond donors (Lipinski definition) is 2. The second kappa shape index (κ2) is 5.37. The molecule has 3 N–H and O–H groups in total. The number of thiazole rings is 1. The van der Waals surface area contributed by atoms with Crippen molar-refractivity contribution in [1.82, 2.24) is 4.98 Å². The monoisotopic (exact) mass is 281 g/mol. The fourth-order valence-electron chi connectivity index (χ4n) is 1.42. The van der Waals surface area contributed by atoms with Gasteiger partial charge in [0.25, 0.3) is 0 Å². The first-order chi connectivity index (χ1) is 8.56. The van der Waals surface area contributed by atoms with Crippen LogP contribution in [0.2, 0.25) is 5.02 Å². The van der Waals surface area contributed by atoms with E-state index >= 15 is 0 Å². The first kappa shape index (κ1) is 12.9. The SMILES string of the molecule is Cc1cc(Cl)ccc1OCc1ncc(C(=N)N)s1. The van der Waals surface area contributed by atoms with E-state index in [1.807, 2.05) is 19.1 Å². The van der Waals surface area contributed by atoms with Crippen molar-refractivity contribution in [3.8, 4) is 5.75 Å². The number of nitrogens with two attached hydrogens (primary N) is 1. The molecule has 6 heteroatoms. The molecule has 4 nitrogen and oxygen atoms in total. The van der Waals surface area contributed by atoms with E-state index in [-0.39, 0.29) is 5.84 Å². The largest absolute Gasteiger partial charge is 0.486 e. The van der Waals surface area contributed by atoms with Crippen molar-refractivity contribution in [1.29, 1.82) is 5.41 Å². The lowest BCUT2D eigenvalue weighted by Crippen LogP contribution is -2.08. The van der Waals surface area contributed by atoms with Crippen LogP contribution in [-0.2, 0) is 6.61 Å². The normalized spacial score (nSPS) is 10.3. The maximum atomic E-state index is 7.30. The van der Waals surface area contributed by atoms with Crippen LogP contribution >= 0.6 is 22.9 Å². The van der Waals surface area contributed by atoms with Gasteiger partial charge in [0.15, 0.2) is 0 Å². The van der Waals surface area contributed by atoms with Crippen molar-refractivity contribution in [2.24, 2.45) is 5.73 Å². The molecular weight excluding hydrogens is 270 g/mol. The molecule has 0 aliphatic rings. The first-order valence-electron chi connectivity index (χ1n) is 5.24. The highest BCUT2D eigenvalue weighted by Crippen LogP contribution is 2.23. The van der Waals surface area contributed by atoms with E-state index in [0.29, 0.717) is 16.5 Å². The third-order valence-corrected chi connectivity index (χ3v) is 3.55. The van der Waals surface area contributed by atoms with Crippen molar-refractivity contribution in [2.75, 3.05) is 0 Å². The lowest BCUT2D eigenvalue weighted by molar-refractivity contribution is 0.303. The quantitative estimate of drug-likeness (QED) is 0.668. The van der Waals surface area contributed by atoms with E-state index in [9.17, 15) is 0 Å². The van der Waals surface area contributed by atoms with E-state index < -0.39 is 0 Å². The van der Waals surface area contributed by atoms with Gasteiger partial charge >= 0.3 is 0 Å². The molecule has 0 spiro atoms. The van der Waals surface area contributed by atoms with Crippen LogP contribution < -0.4 is 10.5 Å². The van der Waals surface area contributed by atoms with Gasteiger partial charge in [0, 0.05) is 11.2 Å². The lowest BCUT2D eigenvalue weighted by atomic mass is 10.2. The number of hydrogen-bond acceptors (Lipinski definition) is 4. The highest BCUT2D eigenvalue weighted by Gasteiger charge is 2.06. The number of benzene rings is 1. The summed E-state index contributed by atoms with van der Waals surface area (Å²) in [6.07, 6.45) is 1.58. The van der Waals surface area contributed by atoms with Gasteiger partial charge < -0.3 is 10.5 Å². The molecule has 0 fully saturated rings. The van der Waals surface area contributed by atoms with E-state index in [0.717, 1.165) is 16.3 Å². The molecule has 1 heterocycles. The van der Waals surface area contributed by atoms with Gasteiger partial charge in [-0.05, 0) is 30.7 Å². The Bertz CT molecular complexity index is 582. The Hall–Kier alpha value is -1.59. The molecule has 0 unspecified atom stereocenters. The number of halogens is 1. The Morgan fingerprint density at radius 1 is 1.56 bits per heavy atom. The van der Waals surface area contributed by atoms with Gasteiger partial charge in [-0.2, -0.15) is 0 Å². The van der Waals surface area contributed by atoms with Gasteiger partial charge in [-0.3, -0.25) is 5.41 Å². The molecule has 0 atom stereocenters. The average molecular weight is 282 g/mol. The van der Waals surface area contributed by atoms with Gasteiger partial charge in [0.1, 0.15) is 23.2 Å². The minimum absolute atomic E-state index is 0.0291. The number of amidine groups is 1. The summed E-state index contributed by atoms with van der Waals surface area (Å²) in [6.45, 7) is 2.30. The Labute approximate surface area is 114 Å². The summed E-state index contributed by atoms with van der Waals surface area (Å²) in [5, 5.41) is 8.77. The van der Waals surface area contributed by atoms with Crippen molar-refractivity contribution < 1.29 is 4.74 Å². The second-order valence-electron chi connectivity index (χ2n) is 3.73. The number of rotatable bonds is 4. The molecule has 0 saturated heterocycles. The van der Waals surface area contributed by atoms with Crippen LogP contribution in [0.25, 0.3) is 0 Å². The lowest BCUT2D eigenvalue weighted by Gasteiger charge is -2.07. The second-order valence-corrected chi connectivity index (χ2v) is 5.28. The summed E-state index contributed by atoms with van der Waals surface area (Å²) in [4.78, 5) is 4.80. The number of nitrogens with zero attached hydrogens (tertiary/aromatic N) is 1. The number of nitrogens with one attached hydrogen (secondary N) is 1. The summed E-state index contributed by atoms with van der Waals surface area (Å²) >= 11 is 7.23. The van der Waals surface area contributed by atoms with Crippen LogP contribution in [0.15, 0.2) is 24.4 Å². The summed E-state index contributed by atoms with van der Waals surface area (Å²) < 4.78 is 5.65. The topological polar surface area (TPSA) is 72.0 Å². The predicted molar refractivity (Wildman–Crippen MR) is 73.7 cm³/mol. The molecule has 0 saturated carbocycles. The van der Waals surface area contributed by atoms with E-state index in [1.54, 1.807) is 12.3 Å². The Balaban J connectivity index is 2.04. The average Bonchev–Trinajstić information content (AvgIpc) is 2.76. The summed E-state index contributed by atoms with van der Waals surface area (Å²) in [6, 6.07) is 5.46. The van der Waals surface area contributed by atoms with Gasteiger partial charge in [-0.1, -0.05) is 11.6 Å². The third kappa shape index (κ3) is 3.00. The van der Waals surface area contributed by atoms with Crippen molar-refractivity contribution in [3.63, 3.8) is 0 Å². The van der Waals surface area contributed by atoms with Crippen LogP contribution in [0.4, 0.5) is 0 Å². The molecule has 2 rings (SSSR count). The minimum atomic E-state index is 0.0291. The van der Waals surface area contributed by atoms with Gasteiger partial charge in [0.2, 0.25) is 0 Å². The van der Waals surface area contributed by atoms with E-state index in [2.05, 4.69) is 4.98 Å². The summed E-state index contributed by atoms with van der Waals surface area (Å²) in [5.41, 5.74) is 6.35. The Morgan fingerprint density at radius 3 is 2.94 bits per heavy atom. The van der Waals surface area contributed by atoms with Crippen molar-refractivity contribution >= 4 is 28.8 Å². The number of aryl methyl sites for hydroxylation is 1. The number of ether oxygens (including phenoxy) is 1. The highest BCUT2D eigenvalue weighted by molar-refractivity contribution is 7.13. The fraction of sp³-hybridized carbons (Fsp3) is 0.167.